The first-order valence-electron chi connectivity index (χ1n) is 11.8. The van der Waals surface area contributed by atoms with E-state index in [2.05, 4.69) is 11.5 Å². The van der Waals surface area contributed by atoms with Crippen LogP contribution < -0.4 is 4.90 Å². The molecule has 0 bridgehead atoms. The van der Waals surface area contributed by atoms with E-state index >= 15 is 0 Å². The lowest BCUT2D eigenvalue weighted by Crippen LogP contribution is -2.47. The van der Waals surface area contributed by atoms with Gasteiger partial charge in [-0.1, -0.05) is 55.3 Å². The maximum Gasteiger partial charge on any atom is 0.264 e. The molecular weight excluding hydrogens is 478 g/mol. The van der Waals surface area contributed by atoms with E-state index in [1.54, 1.807) is 4.90 Å². The van der Waals surface area contributed by atoms with Gasteiger partial charge in [-0.25, -0.2) is 0 Å². The molecule has 4 aromatic rings. The van der Waals surface area contributed by atoms with Crippen LogP contribution >= 0.6 is 22.9 Å². The molecule has 0 saturated heterocycles. The smallest absolute Gasteiger partial charge is 0.264 e. The van der Waals surface area contributed by atoms with Gasteiger partial charge in [0.05, 0.1) is 21.9 Å². The number of amides is 2. The second-order valence-corrected chi connectivity index (χ2v) is 9.95. The summed E-state index contributed by atoms with van der Waals surface area (Å²) < 4.78 is 2.12. The maximum atomic E-state index is 14.1. The van der Waals surface area contributed by atoms with Crippen LogP contribution in [0, 0.1) is 0 Å². The number of rotatable bonds is 7. The predicted molar refractivity (Wildman–Crippen MR) is 142 cm³/mol. The van der Waals surface area contributed by atoms with Gasteiger partial charge in [-0.2, -0.15) is 0 Å². The normalized spacial score (nSPS) is 14.3. The summed E-state index contributed by atoms with van der Waals surface area (Å²) in [7, 11) is 0. The zero-order chi connectivity index (χ0) is 24.4. The number of thiophene rings is 1. The average Bonchev–Trinajstić information content (AvgIpc) is 3.58. The summed E-state index contributed by atoms with van der Waals surface area (Å²) in [6.07, 6.45) is 3.79. The molecule has 0 aliphatic carbocycles. The number of aromatic nitrogens is 1. The van der Waals surface area contributed by atoms with E-state index in [4.69, 9.17) is 11.6 Å². The van der Waals surface area contributed by atoms with Gasteiger partial charge >= 0.3 is 0 Å². The molecule has 1 aliphatic rings. The van der Waals surface area contributed by atoms with Crippen molar-refractivity contribution >= 4 is 40.4 Å². The van der Waals surface area contributed by atoms with Crippen LogP contribution in [0.1, 0.15) is 46.7 Å². The third-order valence-electron chi connectivity index (χ3n) is 6.28. The van der Waals surface area contributed by atoms with Gasteiger partial charge in [-0.05, 0) is 59.8 Å². The van der Waals surface area contributed by atoms with Gasteiger partial charge in [-0.15, -0.1) is 11.3 Å². The van der Waals surface area contributed by atoms with Crippen molar-refractivity contribution in [3.05, 3.63) is 106 Å². The molecule has 2 aromatic heterocycles. The lowest BCUT2D eigenvalue weighted by atomic mass is 9.97. The molecule has 0 radical (unpaired) electrons. The first kappa shape index (κ1) is 23.4. The van der Waals surface area contributed by atoms with Crippen LogP contribution in [0.3, 0.4) is 0 Å². The third kappa shape index (κ3) is 4.51. The number of benzene rings is 2. The minimum absolute atomic E-state index is 0.00282. The Kier molecular flexibility index (Phi) is 6.75. The van der Waals surface area contributed by atoms with Crippen molar-refractivity contribution < 1.29 is 9.59 Å². The highest BCUT2D eigenvalue weighted by Crippen LogP contribution is 2.42. The number of unbranched alkanes of at least 4 members (excludes halogenated alkanes) is 1. The summed E-state index contributed by atoms with van der Waals surface area (Å²) in [4.78, 5) is 31.5. The molecule has 0 spiro atoms. The summed E-state index contributed by atoms with van der Waals surface area (Å²) >= 11 is 7.77. The minimum Gasteiger partial charge on any atom is -0.329 e. The van der Waals surface area contributed by atoms with Crippen LogP contribution in [-0.2, 0) is 4.79 Å². The molecule has 1 unspecified atom stereocenters. The summed E-state index contributed by atoms with van der Waals surface area (Å²) in [5.41, 5.74) is 3.64. The highest BCUT2D eigenvalue weighted by Gasteiger charge is 2.37. The minimum atomic E-state index is -0.365. The lowest BCUT2D eigenvalue weighted by Gasteiger charge is -2.39. The Morgan fingerprint density at radius 1 is 1.00 bits per heavy atom. The van der Waals surface area contributed by atoms with Gasteiger partial charge in [0.1, 0.15) is 12.6 Å². The molecule has 0 fully saturated rings. The largest absolute Gasteiger partial charge is 0.329 e. The van der Waals surface area contributed by atoms with Gasteiger partial charge in [-0.3, -0.25) is 14.5 Å². The first-order valence-corrected chi connectivity index (χ1v) is 13.0. The SMILES string of the molecule is CCCCN(CC(=O)N1c2ccccc2-n2cccc2C1c1cccc(Cl)c1)C(=O)c1cccs1. The zero-order valence-electron chi connectivity index (χ0n) is 19.4. The number of anilines is 1. The molecule has 35 heavy (non-hydrogen) atoms. The third-order valence-corrected chi connectivity index (χ3v) is 7.37. The molecule has 178 valence electrons. The Balaban J connectivity index is 1.57. The Morgan fingerprint density at radius 2 is 1.83 bits per heavy atom. The van der Waals surface area contributed by atoms with E-state index < -0.39 is 0 Å². The Labute approximate surface area is 214 Å². The monoisotopic (exact) mass is 503 g/mol. The van der Waals surface area contributed by atoms with Crippen molar-refractivity contribution in [1.29, 1.82) is 0 Å². The van der Waals surface area contributed by atoms with Crippen LogP contribution in [0.5, 0.6) is 0 Å². The van der Waals surface area contributed by atoms with Crippen molar-refractivity contribution in [3.8, 4) is 5.69 Å². The van der Waals surface area contributed by atoms with Crippen molar-refractivity contribution in [2.45, 2.75) is 25.8 Å². The predicted octanol–water partition coefficient (Wildman–Crippen LogP) is 6.57. The van der Waals surface area contributed by atoms with Gasteiger partial charge in [0.15, 0.2) is 0 Å². The van der Waals surface area contributed by atoms with E-state index in [1.165, 1.54) is 11.3 Å². The molecular formula is C28H26ClN3O2S. The standard InChI is InChI=1S/C28H26ClN3O2S/c1-2-3-15-30(28(34)25-14-8-17-35-25)19-26(33)32-23-12-5-4-11-22(23)31-16-7-13-24(31)27(32)20-9-6-10-21(29)18-20/h4-14,16-18,27H,2-3,15,19H2,1H3. The fourth-order valence-corrected chi connectivity index (χ4v) is 5.54. The molecule has 2 amide bonds. The molecule has 0 saturated carbocycles. The number of hydrogen-bond donors (Lipinski definition) is 0. The van der Waals surface area contributed by atoms with Crippen molar-refractivity contribution in [3.63, 3.8) is 0 Å². The number of fused-ring (bicyclic) bond motifs is 3. The van der Waals surface area contributed by atoms with Crippen LogP contribution in [0.4, 0.5) is 5.69 Å². The second kappa shape index (κ2) is 10.1. The van der Waals surface area contributed by atoms with Crippen LogP contribution in [0.2, 0.25) is 5.02 Å². The van der Waals surface area contributed by atoms with E-state index in [-0.39, 0.29) is 24.4 Å². The van der Waals surface area contributed by atoms with Gasteiger partial charge < -0.3 is 9.47 Å². The fourth-order valence-electron chi connectivity index (χ4n) is 4.65. The van der Waals surface area contributed by atoms with E-state index in [9.17, 15) is 9.59 Å². The van der Waals surface area contributed by atoms with Crippen LogP contribution in [-0.4, -0.2) is 34.4 Å². The number of nitrogens with zero attached hydrogens (tertiary/aromatic N) is 3. The summed E-state index contributed by atoms with van der Waals surface area (Å²) in [6, 6.07) is 22.9. The maximum absolute atomic E-state index is 14.1. The molecule has 1 atom stereocenters. The van der Waals surface area contributed by atoms with Crippen LogP contribution in [0.25, 0.3) is 5.69 Å². The Bertz CT molecular complexity index is 1350. The van der Waals surface area contributed by atoms with E-state index in [0.29, 0.717) is 16.4 Å². The van der Waals surface area contributed by atoms with Crippen LogP contribution in [0.15, 0.2) is 84.4 Å². The second-order valence-electron chi connectivity index (χ2n) is 8.57. The van der Waals surface area contributed by atoms with Crippen molar-refractivity contribution in [2.75, 3.05) is 18.0 Å². The van der Waals surface area contributed by atoms with Gasteiger partial charge in [0.2, 0.25) is 5.91 Å². The van der Waals surface area contributed by atoms with Crippen molar-refractivity contribution in [1.82, 2.24) is 9.47 Å². The highest BCUT2D eigenvalue weighted by molar-refractivity contribution is 7.12. The topological polar surface area (TPSA) is 45.6 Å². The molecule has 1 aliphatic heterocycles. The Morgan fingerprint density at radius 3 is 2.57 bits per heavy atom. The zero-order valence-corrected chi connectivity index (χ0v) is 21.0. The summed E-state index contributed by atoms with van der Waals surface area (Å²) in [5, 5.41) is 2.50. The number of para-hydroxylation sites is 2. The molecule has 7 heteroatoms. The molecule has 3 heterocycles. The molecule has 0 N–H and O–H groups in total. The Hall–Kier alpha value is -3.35. The summed E-state index contributed by atoms with van der Waals surface area (Å²) in [5.74, 6) is -0.231. The van der Waals surface area contributed by atoms with Gasteiger partial charge in [0.25, 0.3) is 5.91 Å². The number of hydrogen-bond acceptors (Lipinski definition) is 3. The fraction of sp³-hybridized carbons (Fsp3) is 0.214. The number of halogens is 1. The first-order chi connectivity index (χ1) is 17.1. The molecule has 5 nitrogen and oxygen atoms in total. The lowest BCUT2D eigenvalue weighted by molar-refractivity contribution is -0.119. The van der Waals surface area contributed by atoms with E-state index in [0.717, 1.165) is 35.5 Å². The highest BCUT2D eigenvalue weighted by atomic mass is 35.5. The average molecular weight is 504 g/mol. The quantitative estimate of drug-likeness (QED) is 0.286. The van der Waals surface area contributed by atoms with Gasteiger partial charge in [0, 0.05) is 17.8 Å². The summed E-state index contributed by atoms with van der Waals surface area (Å²) in [6.45, 7) is 2.62. The number of carbonyl (C=O) groups is 2. The molecule has 5 rings (SSSR count). The molecule has 2 aromatic carbocycles. The number of carbonyl (C=O) groups excluding carboxylic acids is 2. The van der Waals surface area contributed by atoms with E-state index in [1.807, 2.05) is 89.3 Å². The van der Waals surface area contributed by atoms with Crippen molar-refractivity contribution in [2.24, 2.45) is 0 Å².